The van der Waals surface area contributed by atoms with Gasteiger partial charge >= 0.3 is 18.3 Å². The minimum absolute atomic E-state index is 0.0503. The molecule has 0 heterocycles. The van der Waals surface area contributed by atoms with Crippen molar-refractivity contribution in [3.05, 3.63) is 113 Å². The summed E-state index contributed by atoms with van der Waals surface area (Å²) in [6, 6.07) is 20.1. The summed E-state index contributed by atoms with van der Waals surface area (Å²) < 4.78 is 80.8. The molecule has 0 unspecified atom stereocenters. The van der Waals surface area contributed by atoms with Crippen molar-refractivity contribution in [2.45, 2.75) is 25.8 Å². The standard InChI is InChI=1S/C32H27F5N2O4/c1-20-16-24(38)7-13-28(20)29-14-8-25(39)17-22(29)18-41-30(40)15-4-21-2-5-23(6-3-21)32(36,37)43-27-11-9-26(10-12-27)42-19-31(33,34)35/h2-17H,18-19,38-39H2,1H3/b15-4+. The summed E-state index contributed by atoms with van der Waals surface area (Å²) in [5, 5.41) is 0. The number of carbonyl (C=O) groups excluding carboxylic acids is 1. The maximum absolute atomic E-state index is 14.7. The lowest BCUT2D eigenvalue weighted by Gasteiger charge is -2.18. The summed E-state index contributed by atoms with van der Waals surface area (Å²) in [7, 11) is 0. The van der Waals surface area contributed by atoms with Gasteiger partial charge in [0.05, 0.1) is 5.56 Å². The van der Waals surface area contributed by atoms with Crippen LogP contribution in [0.25, 0.3) is 17.2 Å². The van der Waals surface area contributed by atoms with Crippen LogP contribution in [-0.4, -0.2) is 18.8 Å². The lowest BCUT2D eigenvalue weighted by molar-refractivity contribution is -0.185. The van der Waals surface area contributed by atoms with Crippen LogP contribution in [-0.2, 0) is 22.2 Å². The summed E-state index contributed by atoms with van der Waals surface area (Å²) in [6.07, 6.45) is -5.68. The Morgan fingerprint density at radius 3 is 2.02 bits per heavy atom. The molecule has 43 heavy (non-hydrogen) atoms. The first-order valence-corrected chi connectivity index (χ1v) is 12.9. The molecule has 0 aliphatic carbocycles. The highest BCUT2D eigenvalue weighted by atomic mass is 19.4. The number of carbonyl (C=O) groups is 1. The van der Waals surface area contributed by atoms with Crippen LogP contribution in [0.15, 0.2) is 91.0 Å². The molecule has 0 radical (unpaired) electrons. The Morgan fingerprint density at radius 2 is 1.40 bits per heavy atom. The number of hydrogen-bond donors (Lipinski definition) is 2. The third kappa shape index (κ3) is 8.71. The first-order chi connectivity index (χ1) is 20.3. The van der Waals surface area contributed by atoms with Gasteiger partial charge in [0.2, 0.25) is 0 Å². The van der Waals surface area contributed by atoms with E-state index >= 15 is 0 Å². The molecule has 0 amide bonds. The smallest absolute Gasteiger partial charge is 0.426 e. The van der Waals surface area contributed by atoms with Crippen LogP contribution in [0, 0.1) is 6.92 Å². The van der Waals surface area contributed by atoms with Crippen LogP contribution in [0.1, 0.15) is 22.3 Å². The Kier molecular flexibility index (Phi) is 9.23. The zero-order chi connectivity index (χ0) is 31.2. The third-order valence-corrected chi connectivity index (χ3v) is 6.17. The number of halogens is 5. The number of rotatable bonds is 10. The van der Waals surface area contributed by atoms with Crippen molar-refractivity contribution in [1.29, 1.82) is 0 Å². The largest absolute Gasteiger partial charge is 0.484 e. The van der Waals surface area contributed by atoms with Crippen LogP contribution in [0.5, 0.6) is 11.5 Å². The molecular weight excluding hydrogens is 571 g/mol. The number of esters is 1. The van der Waals surface area contributed by atoms with Gasteiger partial charge in [0.15, 0.2) is 6.61 Å². The molecule has 224 valence electrons. The van der Waals surface area contributed by atoms with Crippen molar-refractivity contribution in [3.63, 3.8) is 0 Å². The van der Waals surface area contributed by atoms with E-state index in [1.54, 1.807) is 18.2 Å². The molecule has 0 aliphatic heterocycles. The summed E-state index contributed by atoms with van der Waals surface area (Å²) in [5.41, 5.74) is 16.3. The van der Waals surface area contributed by atoms with Gasteiger partial charge in [0.25, 0.3) is 0 Å². The number of ether oxygens (including phenoxy) is 3. The second-order valence-electron chi connectivity index (χ2n) is 9.55. The maximum Gasteiger partial charge on any atom is 0.426 e. The van der Waals surface area contributed by atoms with E-state index in [1.807, 2.05) is 25.1 Å². The molecule has 0 aromatic heterocycles. The van der Waals surface area contributed by atoms with E-state index in [4.69, 9.17) is 20.9 Å². The van der Waals surface area contributed by atoms with Gasteiger partial charge in [0.1, 0.15) is 18.1 Å². The molecule has 4 aromatic rings. The number of anilines is 2. The second-order valence-corrected chi connectivity index (χ2v) is 9.55. The average molecular weight is 599 g/mol. The number of nitrogens with two attached hydrogens (primary N) is 2. The van der Waals surface area contributed by atoms with Gasteiger partial charge in [-0.1, -0.05) is 24.3 Å². The van der Waals surface area contributed by atoms with E-state index < -0.39 is 30.4 Å². The van der Waals surface area contributed by atoms with E-state index in [1.165, 1.54) is 24.3 Å². The SMILES string of the molecule is Cc1cc(N)ccc1-c1ccc(N)cc1COC(=O)/C=C/c1ccc(C(F)(F)Oc2ccc(OCC(F)(F)F)cc2)cc1. The molecule has 0 spiro atoms. The van der Waals surface area contributed by atoms with Gasteiger partial charge in [-0.3, -0.25) is 0 Å². The zero-order valence-corrected chi connectivity index (χ0v) is 22.8. The first-order valence-electron chi connectivity index (χ1n) is 12.9. The maximum atomic E-state index is 14.7. The fraction of sp³-hybridized carbons (Fsp3) is 0.156. The van der Waals surface area contributed by atoms with Gasteiger partial charge in [-0.05, 0) is 101 Å². The lowest BCUT2D eigenvalue weighted by atomic mass is 9.95. The monoisotopic (exact) mass is 598 g/mol. The Bertz CT molecular complexity index is 1600. The van der Waals surface area contributed by atoms with Crippen LogP contribution in [0.2, 0.25) is 0 Å². The van der Waals surface area contributed by atoms with Crippen LogP contribution < -0.4 is 20.9 Å². The topological polar surface area (TPSA) is 96.8 Å². The molecule has 0 bridgehead atoms. The molecular formula is C32H27F5N2O4. The number of alkyl halides is 5. The fourth-order valence-electron chi connectivity index (χ4n) is 4.11. The summed E-state index contributed by atoms with van der Waals surface area (Å²) >= 11 is 0. The Balaban J connectivity index is 1.35. The molecule has 4 N–H and O–H groups in total. The number of benzene rings is 4. The summed E-state index contributed by atoms with van der Waals surface area (Å²) in [5.74, 6) is -1.07. The highest BCUT2D eigenvalue weighted by Gasteiger charge is 2.34. The molecule has 11 heteroatoms. The van der Waals surface area contributed by atoms with Gasteiger partial charge < -0.3 is 25.7 Å². The Morgan fingerprint density at radius 1 is 0.791 bits per heavy atom. The van der Waals surface area contributed by atoms with Gasteiger partial charge in [-0.25, -0.2) is 4.79 Å². The molecule has 0 fully saturated rings. The number of nitrogen functional groups attached to an aromatic ring is 2. The molecule has 6 nitrogen and oxygen atoms in total. The van der Waals surface area contributed by atoms with Gasteiger partial charge in [-0.15, -0.1) is 0 Å². The highest BCUT2D eigenvalue weighted by molar-refractivity contribution is 5.87. The summed E-state index contributed by atoms with van der Waals surface area (Å²) in [6.45, 7) is 0.367. The Hall–Kier alpha value is -5.06. The molecule has 0 aliphatic rings. The molecule has 0 atom stereocenters. The fourth-order valence-corrected chi connectivity index (χ4v) is 4.11. The second kappa shape index (κ2) is 12.8. The quantitative estimate of drug-likeness (QED) is 0.0843. The first kappa shape index (κ1) is 30.9. The Labute approximate surface area is 244 Å². The van der Waals surface area contributed by atoms with Gasteiger partial charge in [0, 0.05) is 17.5 Å². The van der Waals surface area contributed by atoms with E-state index in [-0.39, 0.29) is 18.1 Å². The van der Waals surface area contributed by atoms with Crippen LogP contribution >= 0.6 is 0 Å². The van der Waals surface area contributed by atoms with Crippen molar-refractivity contribution in [1.82, 2.24) is 0 Å². The van der Waals surface area contributed by atoms with Gasteiger partial charge in [-0.2, -0.15) is 22.0 Å². The van der Waals surface area contributed by atoms with E-state index in [0.29, 0.717) is 22.5 Å². The minimum atomic E-state index is -4.52. The zero-order valence-electron chi connectivity index (χ0n) is 22.8. The van der Waals surface area contributed by atoms with E-state index in [0.717, 1.165) is 53.1 Å². The third-order valence-electron chi connectivity index (χ3n) is 6.17. The van der Waals surface area contributed by atoms with E-state index in [9.17, 15) is 26.7 Å². The predicted molar refractivity (Wildman–Crippen MR) is 153 cm³/mol. The predicted octanol–water partition coefficient (Wildman–Crippen LogP) is 7.65. The van der Waals surface area contributed by atoms with Crippen molar-refractivity contribution in [3.8, 4) is 22.6 Å². The molecule has 0 saturated carbocycles. The number of aryl methyl sites for hydroxylation is 1. The molecule has 4 aromatic carbocycles. The van der Waals surface area contributed by atoms with Crippen molar-refractivity contribution < 1.29 is 41.0 Å². The van der Waals surface area contributed by atoms with Crippen molar-refractivity contribution >= 4 is 23.4 Å². The minimum Gasteiger partial charge on any atom is -0.484 e. The molecule has 0 saturated heterocycles. The van der Waals surface area contributed by atoms with Crippen LogP contribution in [0.4, 0.5) is 33.3 Å². The normalized spacial score (nSPS) is 11.9. The lowest BCUT2D eigenvalue weighted by Crippen LogP contribution is -2.22. The summed E-state index contributed by atoms with van der Waals surface area (Å²) in [4.78, 5) is 12.4. The van der Waals surface area contributed by atoms with Crippen LogP contribution in [0.3, 0.4) is 0 Å². The van der Waals surface area contributed by atoms with Crippen molar-refractivity contribution in [2.24, 2.45) is 0 Å². The average Bonchev–Trinajstić information content (AvgIpc) is 2.95. The number of hydrogen-bond acceptors (Lipinski definition) is 6. The van der Waals surface area contributed by atoms with E-state index in [2.05, 4.69) is 4.74 Å². The highest BCUT2D eigenvalue weighted by Crippen LogP contribution is 2.33. The van der Waals surface area contributed by atoms with Crippen molar-refractivity contribution in [2.75, 3.05) is 18.1 Å². The molecule has 4 rings (SSSR count).